The van der Waals surface area contributed by atoms with Gasteiger partial charge in [0.1, 0.15) is 17.6 Å². The lowest BCUT2D eigenvalue weighted by atomic mass is 9.89. The topological polar surface area (TPSA) is 158 Å². The maximum atomic E-state index is 13.6. The first-order chi connectivity index (χ1) is 22.5. The van der Waals surface area contributed by atoms with E-state index in [1.54, 1.807) is 46.5 Å². The van der Waals surface area contributed by atoms with Crippen LogP contribution >= 0.6 is 0 Å². The summed E-state index contributed by atoms with van der Waals surface area (Å²) in [6, 6.07) is 10.3. The van der Waals surface area contributed by atoms with Gasteiger partial charge in [-0.1, -0.05) is 13.8 Å². The number of anilines is 1. The highest BCUT2D eigenvalue weighted by molar-refractivity contribution is 5.97. The summed E-state index contributed by atoms with van der Waals surface area (Å²) in [6.07, 6.45) is 4.43. The predicted molar refractivity (Wildman–Crippen MR) is 168 cm³/mol. The Balaban J connectivity index is 1.19. The lowest BCUT2D eigenvalue weighted by Gasteiger charge is -2.27. The highest BCUT2D eigenvalue weighted by atomic mass is 16.7. The highest BCUT2D eigenvalue weighted by Gasteiger charge is 2.43. The fourth-order valence-corrected chi connectivity index (χ4v) is 5.96. The molecule has 6 rings (SSSR count). The lowest BCUT2D eigenvalue weighted by Crippen LogP contribution is -2.52. The zero-order valence-corrected chi connectivity index (χ0v) is 26.4. The van der Waals surface area contributed by atoms with Crippen LogP contribution in [-0.4, -0.2) is 40.5 Å². The van der Waals surface area contributed by atoms with E-state index in [0.29, 0.717) is 24.1 Å². The molecule has 5 heterocycles. The van der Waals surface area contributed by atoms with E-state index in [-0.39, 0.29) is 47.9 Å². The van der Waals surface area contributed by atoms with Gasteiger partial charge in [-0.25, -0.2) is 14.4 Å². The second-order valence-electron chi connectivity index (χ2n) is 11.7. The third-order valence-corrected chi connectivity index (χ3v) is 8.34. The van der Waals surface area contributed by atoms with Gasteiger partial charge in [-0.05, 0) is 62.6 Å². The van der Waals surface area contributed by atoms with Gasteiger partial charge >= 0.3 is 18.0 Å². The van der Waals surface area contributed by atoms with Crippen molar-refractivity contribution in [2.75, 3.05) is 12.1 Å². The Kier molecular flexibility index (Phi) is 8.32. The summed E-state index contributed by atoms with van der Waals surface area (Å²) in [5, 5.41) is 17.9. The van der Waals surface area contributed by atoms with E-state index in [2.05, 4.69) is 10.6 Å². The molecule has 3 N–H and O–H groups in total. The molecule has 47 heavy (non-hydrogen) atoms. The third kappa shape index (κ3) is 5.74. The van der Waals surface area contributed by atoms with Crippen LogP contribution in [0.5, 0.6) is 5.75 Å². The van der Waals surface area contributed by atoms with Crippen molar-refractivity contribution in [3.05, 3.63) is 92.0 Å². The van der Waals surface area contributed by atoms with Crippen LogP contribution in [0.2, 0.25) is 0 Å². The molecular weight excluding hydrogens is 608 g/mol. The molecule has 3 aliphatic heterocycles. The Morgan fingerprint density at radius 3 is 2.72 bits per heavy atom. The fraction of sp³-hybridized carbons (Fsp3) is 0.324. The monoisotopic (exact) mass is 643 g/mol. The molecule has 244 valence electrons. The molecule has 0 spiro atoms. The zero-order chi connectivity index (χ0) is 33.5. The fourth-order valence-electron chi connectivity index (χ4n) is 5.96. The van der Waals surface area contributed by atoms with Gasteiger partial charge in [0.2, 0.25) is 6.79 Å². The van der Waals surface area contributed by atoms with Gasteiger partial charge in [-0.15, -0.1) is 0 Å². The van der Waals surface area contributed by atoms with Crippen molar-refractivity contribution in [3.63, 3.8) is 0 Å². The van der Waals surface area contributed by atoms with Crippen LogP contribution in [0.1, 0.15) is 62.0 Å². The van der Waals surface area contributed by atoms with Crippen LogP contribution in [0.3, 0.4) is 0 Å². The van der Waals surface area contributed by atoms with E-state index in [4.69, 9.17) is 18.9 Å². The molecule has 0 bridgehead atoms. The number of cyclic esters (lactones) is 1. The number of pyridine rings is 2. The summed E-state index contributed by atoms with van der Waals surface area (Å²) in [5.41, 5.74) is 2.53. The molecule has 0 saturated carbocycles. The Labute approximate surface area is 269 Å². The SMILES string of the molecule is CCC1=C2Cn3c(cc4c(c3=O)=COC(=O)[C@]4(O)CC)=C2Nc2ccc(OCOC(=O)c3ccc[n+](COC(=O)NC(C)C)c3)cc21. The molecule has 0 fully saturated rings. The van der Waals surface area contributed by atoms with E-state index in [1.807, 2.05) is 32.9 Å². The second kappa shape index (κ2) is 12.4. The van der Waals surface area contributed by atoms with E-state index >= 15 is 0 Å². The van der Waals surface area contributed by atoms with Gasteiger partial charge in [-0.3, -0.25) is 4.79 Å². The number of rotatable bonds is 9. The number of hydrogen-bond donors (Lipinski definition) is 3. The number of carbonyl (C=O) groups excluding carboxylic acids is 3. The number of allylic oxidation sites excluding steroid dienone is 1. The molecular formula is C34H35N4O9+. The summed E-state index contributed by atoms with van der Waals surface area (Å²) in [5.74, 6) is -0.949. The Hall–Kier alpha value is -5.43. The van der Waals surface area contributed by atoms with E-state index in [1.165, 1.54) is 6.20 Å². The van der Waals surface area contributed by atoms with Crippen LogP contribution < -0.4 is 36.1 Å². The minimum Gasteiger partial charge on any atom is -0.457 e. The molecule has 1 amide bonds. The molecule has 3 aliphatic rings. The van der Waals surface area contributed by atoms with Crippen molar-refractivity contribution in [2.45, 2.75) is 65.5 Å². The number of amides is 1. The second-order valence-corrected chi connectivity index (χ2v) is 11.7. The number of carbonyl (C=O) groups is 3. The zero-order valence-electron chi connectivity index (χ0n) is 26.4. The molecule has 0 unspecified atom stereocenters. The molecule has 0 radical (unpaired) electrons. The number of nitrogens with one attached hydrogen (secondary N) is 2. The number of aromatic nitrogens is 2. The number of ether oxygens (including phenoxy) is 4. The molecule has 2 aromatic heterocycles. The molecule has 13 heteroatoms. The van der Waals surface area contributed by atoms with Crippen molar-refractivity contribution < 1.29 is 43.0 Å². The van der Waals surface area contributed by atoms with E-state index in [9.17, 15) is 24.3 Å². The maximum Gasteiger partial charge on any atom is 0.412 e. The first-order valence-electron chi connectivity index (χ1n) is 15.3. The number of nitrogens with zero attached hydrogens (tertiary/aromatic N) is 2. The minimum absolute atomic E-state index is 0.0567. The van der Waals surface area contributed by atoms with Crippen molar-refractivity contribution in [3.8, 4) is 5.75 Å². The van der Waals surface area contributed by atoms with Crippen molar-refractivity contribution in [1.82, 2.24) is 9.88 Å². The first kappa shape index (κ1) is 31.5. The quantitative estimate of drug-likeness (QED) is 0.136. The largest absolute Gasteiger partial charge is 0.457 e. The van der Waals surface area contributed by atoms with Gasteiger partial charge in [-0.2, -0.15) is 4.57 Å². The number of fused-ring (bicyclic) bond motifs is 4. The number of alkyl carbamates (subject to hydrolysis) is 1. The van der Waals surface area contributed by atoms with Crippen molar-refractivity contribution in [2.24, 2.45) is 0 Å². The van der Waals surface area contributed by atoms with Crippen LogP contribution in [0, 0.1) is 0 Å². The molecule has 0 saturated heterocycles. The van der Waals surface area contributed by atoms with Crippen LogP contribution in [0.4, 0.5) is 10.5 Å². The highest BCUT2D eigenvalue weighted by Crippen LogP contribution is 2.41. The van der Waals surface area contributed by atoms with E-state index in [0.717, 1.165) is 34.4 Å². The van der Waals surface area contributed by atoms with Gasteiger partial charge in [0.25, 0.3) is 12.3 Å². The standard InChI is InChI=1S/C34H34N4O9/c1-5-22-23-12-21(46-18-47-31(40)20-8-7-11-37(14-20)17-45-33(42)35-19(3)4)9-10-27(23)36-29-24(22)15-38-28(29)13-26-25(30(38)39)16-44-32(41)34(26,43)6-2/h7-14,16,19,36,43H,5-6,15,17-18H2,1-4H3/p+1/t34-/m0/s1. The van der Waals surface area contributed by atoms with Crippen LogP contribution in [0.25, 0.3) is 17.5 Å². The summed E-state index contributed by atoms with van der Waals surface area (Å²) < 4.78 is 24.5. The van der Waals surface area contributed by atoms with Gasteiger partial charge < -0.3 is 39.3 Å². The normalized spacial score (nSPS) is 17.4. The van der Waals surface area contributed by atoms with Gasteiger partial charge in [0, 0.05) is 34.5 Å². The van der Waals surface area contributed by atoms with Crippen LogP contribution in [0.15, 0.2) is 59.2 Å². The Bertz CT molecular complexity index is 2030. The molecule has 1 aromatic carbocycles. The number of esters is 2. The average Bonchev–Trinajstić information content (AvgIpc) is 3.43. The smallest absolute Gasteiger partial charge is 0.412 e. The molecule has 13 nitrogen and oxygen atoms in total. The third-order valence-electron chi connectivity index (χ3n) is 8.34. The first-order valence-corrected chi connectivity index (χ1v) is 15.3. The molecule has 3 aromatic rings. The maximum absolute atomic E-state index is 13.6. The lowest BCUT2D eigenvalue weighted by molar-refractivity contribution is -0.727. The predicted octanol–water partition coefficient (Wildman–Crippen LogP) is 1.72. The summed E-state index contributed by atoms with van der Waals surface area (Å²) in [7, 11) is 0. The Morgan fingerprint density at radius 2 is 1.98 bits per heavy atom. The number of benzene rings is 1. The van der Waals surface area contributed by atoms with Crippen LogP contribution in [-0.2, 0) is 37.9 Å². The number of hydrogen-bond acceptors (Lipinski definition) is 10. The summed E-state index contributed by atoms with van der Waals surface area (Å²) >= 11 is 0. The van der Waals surface area contributed by atoms with Crippen molar-refractivity contribution >= 4 is 41.3 Å². The summed E-state index contributed by atoms with van der Waals surface area (Å²) in [6.45, 7) is 7.20. The number of aliphatic hydroxyl groups is 1. The Morgan fingerprint density at radius 1 is 1.17 bits per heavy atom. The van der Waals surface area contributed by atoms with Gasteiger partial charge in [0.05, 0.1) is 22.8 Å². The van der Waals surface area contributed by atoms with E-state index < -0.39 is 23.6 Å². The minimum atomic E-state index is -1.91. The summed E-state index contributed by atoms with van der Waals surface area (Å²) in [4.78, 5) is 50.5. The molecule has 1 atom stereocenters. The van der Waals surface area contributed by atoms with Crippen molar-refractivity contribution in [1.29, 1.82) is 0 Å². The average molecular weight is 644 g/mol. The van der Waals surface area contributed by atoms with Gasteiger partial charge in [0.15, 0.2) is 18.0 Å². The molecule has 0 aliphatic carbocycles.